The van der Waals surface area contributed by atoms with Crippen molar-refractivity contribution >= 4 is 46.2 Å². The highest BCUT2D eigenvalue weighted by Gasteiger charge is 2.34. The molecule has 1 amide bonds. The zero-order valence-electron chi connectivity index (χ0n) is 13.6. The van der Waals surface area contributed by atoms with Crippen LogP contribution >= 0.6 is 23.8 Å². The lowest BCUT2D eigenvalue weighted by atomic mass is 10.2. The standard InChI is InChI=1S/C18H18ClN3OS/c1-20(2)16-9-8-14(10-15(16)19)22-17(23)12-21(18(22)24)11-13-6-4-3-5-7-13/h3-10H,11-12H2,1-2H3. The lowest BCUT2D eigenvalue weighted by Crippen LogP contribution is -2.32. The third-order valence-corrected chi connectivity index (χ3v) is 4.67. The first-order valence-corrected chi connectivity index (χ1v) is 8.38. The van der Waals surface area contributed by atoms with Gasteiger partial charge in [-0.25, -0.2) is 0 Å². The van der Waals surface area contributed by atoms with E-state index in [1.165, 1.54) is 0 Å². The molecule has 2 aromatic rings. The van der Waals surface area contributed by atoms with E-state index in [-0.39, 0.29) is 12.5 Å². The Bertz CT molecular complexity index is 779. The van der Waals surface area contributed by atoms with Crippen molar-refractivity contribution < 1.29 is 4.79 Å². The Kier molecular flexibility index (Phi) is 4.73. The number of thiocarbonyl (C=S) groups is 1. The number of carbonyl (C=O) groups is 1. The van der Waals surface area contributed by atoms with Crippen LogP contribution in [0.4, 0.5) is 11.4 Å². The summed E-state index contributed by atoms with van der Waals surface area (Å²) in [6, 6.07) is 15.5. The van der Waals surface area contributed by atoms with Gasteiger partial charge < -0.3 is 9.80 Å². The average molecular weight is 360 g/mol. The van der Waals surface area contributed by atoms with Gasteiger partial charge in [-0.05, 0) is 36.0 Å². The fourth-order valence-electron chi connectivity index (χ4n) is 2.73. The maximum Gasteiger partial charge on any atom is 0.252 e. The van der Waals surface area contributed by atoms with Gasteiger partial charge in [-0.2, -0.15) is 0 Å². The minimum Gasteiger partial charge on any atom is -0.376 e. The van der Waals surface area contributed by atoms with Crippen molar-refractivity contribution in [3.05, 3.63) is 59.1 Å². The van der Waals surface area contributed by atoms with Crippen LogP contribution in [-0.2, 0) is 11.3 Å². The Morgan fingerprint density at radius 1 is 1.17 bits per heavy atom. The Morgan fingerprint density at radius 3 is 2.50 bits per heavy atom. The van der Waals surface area contributed by atoms with Crippen LogP contribution < -0.4 is 9.80 Å². The molecule has 1 saturated heterocycles. The summed E-state index contributed by atoms with van der Waals surface area (Å²) < 4.78 is 0. The summed E-state index contributed by atoms with van der Waals surface area (Å²) in [6.45, 7) is 0.895. The van der Waals surface area contributed by atoms with E-state index in [1.54, 1.807) is 11.0 Å². The summed E-state index contributed by atoms with van der Waals surface area (Å²) in [7, 11) is 3.85. The van der Waals surface area contributed by atoms with Crippen LogP contribution in [0, 0.1) is 0 Å². The molecule has 1 aliphatic rings. The van der Waals surface area contributed by atoms with Crippen molar-refractivity contribution in [2.75, 3.05) is 30.4 Å². The summed E-state index contributed by atoms with van der Waals surface area (Å²) in [6.07, 6.45) is 0. The van der Waals surface area contributed by atoms with E-state index in [2.05, 4.69) is 0 Å². The molecule has 0 saturated carbocycles. The summed E-state index contributed by atoms with van der Waals surface area (Å²) >= 11 is 11.9. The van der Waals surface area contributed by atoms with Crippen molar-refractivity contribution in [3.8, 4) is 0 Å². The van der Waals surface area contributed by atoms with E-state index in [4.69, 9.17) is 23.8 Å². The first kappa shape index (κ1) is 16.7. The Labute approximate surface area is 152 Å². The Morgan fingerprint density at radius 2 is 1.88 bits per heavy atom. The highest BCUT2D eigenvalue weighted by Crippen LogP contribution is 2.31. The first-order chi connectivity index (χ1) is 11.5. The van der Waals surface area contributed by atoms with Gasteiger partial charge in [0.05, 0.1) is 16.4 Å². The summed E-state index contributed by atoms with van der Waals surface area (Å²) in [5.74, 6) is -0.0374. The molecule has 1 aliphatic heterocycles. The van der Waals surface area contributed by atoms with Crippen LogP contribution in [0.15, 0.2) is 48.5 Å². The van der Waals surface area contributed by atoms with Gasteiger partial charge in [0.25, 0.3) is 5.91 Å². The van der Waals surface area contributed by atoms with Crippen molar-refractivity contribution in [3.63, 3.8) is 0 Å². The molecule has 2 aromatic carbocycles. The normalized spacial score (nSPS) is 14.5. The average Bonchev–Trinajstić information content (AvgIpc) is 2.82. The number of carbonyl (C=O) groups excluding carboxylic acids is 1. The van der Waals surface area contributed by atoms with Crippen molar-refractivity contribution in [2.45, 2.75) is 6.54 Å². The summed E-state index contributed by atoms with van der Waals surface area (Å²) in [5.41, 5.74) is 2.73. The number of anilines is 2. The van der Waals surface area contributed by atoms with Crippen molar-refractivity contribution in [1.82, 2.24) is 4.90 Å². The van der Waals surface area contributed by atoms with Gasteiger partial charge in [0.1, 0.15) is 6.54 Å². The van der Waals surface area contributed by atoms with Gasteiger partial charge in [-0.1, -0.05) is 41.9 Å². The largest absolute Gasteiger partial charge is 0.376 e. The van der Waals surface area contributed by atoms with Crippen molar-refractivity contribution in [1.29, 1.82) is 0 Å². The van der Waals surface area contributed by atoms with Crippen LogP contribution in [0.25, 0.3) is 0 Å². The molecule has 24 heavy (non-hydrogen) atoms. The molecular weight excluding hydrogens is 342 g/mol. The van der Waals surface area contributed by atoms with Crippen LogP contribution in [0.3, 0.4) is 0 Å². The van der Waals surface area contributed by atoms with Gasteiger partial charge in [-0.15, -0.1) is 0 Å². The van der Waals surface area contributed by atoms with E-state index in [0.717, 1.165) is 11.3 Å². The monoisotopic (exact) mass is 359 g/mol. The molecule has 4 nitrogen and oxygen atoms in total. The molecule has 124 valence electrons. The molecule has 6 heteroatoms. The number of rotatable bonds is 4. The molecule has 0 N–H and O–H groups in total. The molecule has 0 unspecified atom stereocenters. The number of hydrogen-bond donors (Lipinski definition) is 0. The highest BCUT2D eigenvalue weighted by atomic mass is 35.5. The van der Waals surface area contributed by atoms with Crippen LogP contribution in [0.1, 0.15) is 5.56 Å². The number of amides is 1. The van der Waals surface area contributed by atoms with Crippen LogP contribution in [-0.4, -0.2) is 36.6 Å². The maximum atomic E-state index is 12.5. The maximum absolute atomic E-state index is 12.5. The van der Waals surface area contributed by atoms with Gasteiger partial charge in [-0.3, -0.25) is 9.69 Å². The van der Waals surface area contributed by atoms with E-state index in [1.807, 2.05) is 66.4 Å². The molecule has 1 heterocycles. The lowest BCUT2D eigenvalue weighted by molar-refractivity contribution is -0.116. The molecule has 1 fully saturated rings. The Hall–Kier alpha value is -2.11. The van der Waals surface area contributed by atoms with Crippen LogP contribution in [0.5, 0.6) is 0 Å². The first-order valence-electron chi connectivity index (χ1n) is 7.60. The molecule has 0 bridgehead atoms. The number of nitrogens with zero attached hydrogens (tertiary/aromatic N) is 3. The third-order valence-electron chi connectivity index (χ3n) is 3.92. The fourth-order valence-corrected chi connectivity index (χ4v) is 3.41. The predicted octanol–water partition coefficient (Wildman–Crippen LogP) is 3.54. The molecule has 3 rings (SSSR count). The second-order valence-electron chi connectivity index (χ2n) is 5.88. The van der Waals surface area contributed by atoms with E-state index >= 15 is 0 Å². The fraction of sp³-hybridized carbons (Fsp3) is 0.222. The number of benzene rings is 2. The smallest absolute Gasteiger partial charge is 0.252 e. The number of halogens is 1. The zero-order valence-corrected chi connectivity index (χ0v) is 15.1. The minimum atomic E-state index is -0.0374. The Balaban J connectivity index is 1.83. The van der Waals surface area contributed by atoms with E-state index < -0.39 is 0 Å². The molecule has 0 spiro atoms. The van der Waals surface area contributed by atoms with Gasteiger partial charge >= 0.3 is 0 Å². The second-order valence-corrected chi connectivity index (χ2v) is 6.66. The molecule has 0 aromatic heterocycles. The zero-order chi connectivity index (χ0) is 17.3. The van der Waals surface area contributed by atoms with Gasteiger partial charge in [0.2, 0.25) is 0 Å². The molecule has 0 atom stereocenters. The predicted molar refractivity (Wildman–Crippen MR) is 103 cm³/mol. The van der Waals surface area contributed by atoms with Gasteiger partial charge in [0.15, 0.2) is 5.11 Å². The lowest BCUT2D eigenvalue weighted by Gasteiger charge is -2.22. The van der Waals surface area contributed by atoms with Gasteiger partial charge in [0, 0.05) is 20.6 Å². The van der Waals surface area contributed by atoms with E-state index in [9.17, 15) is 4.79 Å². The van der Waals surface area contributed by atoms with E-state index in [0.29, 0.717) is 22.4 Å². The molecule has 0 radical (unpaired) electrons. The quantitative estimate of drug-likeness (QED) is 0.780. The van der Waals surface area contributed by atoms with Crippen molar-refractivity contribution in [2.24, 2.45) is 0 Å². The third kappa shape index (κ3) is 3.23. The summed E-state index contributed by atoms with van der Waals surface area (Å²) in [5, 5.41) is 1.10. The second kappa shape index (κ2) is 6.79. The van der Waals surface area contributed by atoms with Crippen LogP contribution in [0.2, 0.25) is 5.02 Å². The SMILES string of the molecule is CN(C)c1ccc(N2C(=O)CN(Cc3ccccc3)C2=S)cc1Cl. The number of hydrogen-bond acceptors (Lipinski definition) is 3. The highest BCUT2D eigenvalue weighted by molar-refractivity contribution is 7.80. The molecular formula is C18H18ClN3OS. The minimum absolute atomic E-state index is 0.0374. The summed E-state index contributed by atoms with van der Waals surface area (Å²) in [4.78, 5) is 17.9. The topological polar surface area (TPSA) is 26.8 Å². The molecule has 0 aliphatic carbocycles.